The van der Waals surface area contributed by atoms with Crippen LogP contribution in [0, 0.1) is 0 Å². The number of hydrogen-bond donors (Lipinski definition) is 1. The number of rotatable bonds is 5. The van der Waals surface area contributed by atoms with E-state index >= 15 is 0 Å². The molecule has 2 rings (SSSR count). The van der Waals surface area contributed by atoms with E-state index in [2.05, 4.69) is 24.0 Å². The van der Waals surface area contributed by atoms with Crippen LogP contribution in [0.3, 0.4) is 0 Å². The minimum atomic E-state index is 0.412. The van der Waals surface area contributed by atoms with Crippen molar-refractivity contribution in [1.29, 1.82) is 0 Å². The molecule has 3 heteroatoms. The Morgan fingerprint density at radius 1 is 1.50 bits per heavy atom. The summed E-state index contributed by atoms with van der Waals surface area (Å²) in [4.78, 5) is 2.49. The number of benzene rings is 1. The first kappa shape index (κ1) is 11.9. The van der Waals surface area contributed by atoms with Crippen molar-refractivity contribution in [1.82, 2.24) is 4.90 Å². The molecule has 0 heterocycles. The van der Waals surface area contributed by atoms with Crippen molar-refractivity contribution in [3.8, 4) is 0 Å². The molecule has 0 spiro atoms. The van der Waals surface area contributed by atoms with Gasteiger partial charge in [-0.2, -0.15) is 0 Å². The molecule has 1 aromatic carbocycles. The molecule has 0 aliphatic heterocycles. The fourth-order valence-electron chi connectivity index (χ4n) is 2.21. The van der Waals surface area contributed by atoms with Gasteiger partial charge >= 0.3 is 0 Å². The molecule has 0 bridgehead atoms. The number of hydrogen-bond acceptors (Lipinski definition) is 2. The second-order valence-corrected chi connectivity index (χ2v) is 4.93. The summed E-state index contributed by atoms with van der Waals surface area (Å²) in [6.07, 6.45) is 2.62. The molecule has 0 aromatic heterocycles. The summed E-state index contributed by atoms with van der Waals surface area (Å²) < 4.78 is 0. The molecule has 2 N–H and O–H groups in total. The minimum Gasteiger partial charge on any atom is -0.329 e. The summed E-state index contributed by atoms with van der Waals surface area (Å²) >= 11 is 6.02. The molecule has 1 aromatic rings. The average molecular weight is 239 g/mol. The van der Waals surface area contributed by atoms with Gasteiger partial charge in [0.15, 0.2) is 0 Å². The van der Waals surface area contributed by atoms with Crippen LogP contribution in [-0.2, 0) is 0 Å². The van der Waals surface area contributed by atoms with E-state index in [1.165, 1.54) is 18.4 Å². The summed E-state index contributed by atoms with van der Waals surface area (Å²) in [7, 11) is 0. The van der Waals surface area contributed by atoms with Gasteiger partial charge < -0.3 is 5.73 Å². The molecule has 0 saturated heterocycles. The highest BCUT2D eigenvalue weighted by Crippen LogP contribution is 2.34. The molecule has 88 valence electrons. The Labute approximate surface area is 102 Å². The summed E-state index contributed by atoms with van der Waals surface area (Å²) in [5.41, 5.74) is 6.96. The van der Waals surface area contributed by atoms with Gasteiger partial charge in [-0.05, 0) is 37.5 Å². The first-order valence-electron chi connectivity index (χ1n) is 5.93. The van der Waals surface area contributed by atoms with Gasteiger partial charge in [0, 0.05) is 30.2 Å². The number of nitrogens with two attached hydrogens (primary N) is 1. The third-order valence-electron chi connectivity index (χ3n) is 3.23. The lowest BCUT2D eigenvalue weighted by Gasteiger charge is -2.29. The number of halogens is 1. The summed E-state index contributed by atoms with van der Waals surface area (Å²) in [5.74, 6) is 0. The van der Waals surface area contributed by atoms with Crippen LogP contribution in [0.4, 0.5) is 0 Å². The Kier molecular flexibility index (Phi) is 3.85. The highest BCUT2D eigenvalue weighted by molar-refractivity contribution is 6.30. The van der Waals surface area contributed by atoms with Gasteiger partial charge in [0.25, 0.3) is 0 Å². The quantitative estimate of drug-likeness (QED) is 0.855. The second-order valence-electron chi connectivity index (χ2n) is 4.49. The van der Waals surface area contributed by atoms with Crippen molar-refractivity contribution in [2.24, 2.45) is 5.73 Å². The van der Waals surface area contributed by atoms with Crippen LogP contribution in [0.15, 0.2) is 24.3 Å². The Bertz CT molecular complexity index is 350. The zero-order chi connectivity index (χ0) is 11.5. The van der Waals surface area contributed by atoms with Crippen LogP contribution >= 0.6 is 11.6 Å². The molecule has 1 saturated carbocycles. The van der Waals surface area contributed by atoms with E-state index in [4.69, 9.17) is 17.3 Å². The third-order valence-corrected chi connectivity index (χ3v) is 3.47. The lowest BCUT2D eigenvalue weighted by atomic mass is 10.1. The maximum atomic E-state index is 6.02. The Balaban J connectivity index is 2.12. The molecule has 0 radical (unpaired) electrons. The SMILES string of the molecule is CC(c1cccc(Cl)c1)N(CCN)C1CC1. The van der Waals surface area contributed by atoms with Crippen LogP contribution in [-0.4, -0.2) is 24.0 Å². The highest BCUT2D eigenvalue weighted by atomic mass is 35.5. The molecule has 1 fully saturated rings. The molecule has 1 unspecified atom stereocenters. The summed E-state index contributed by atoms with van der Waals surface area (Å²) in [6.45, 7) is 3.93. The maximum absolute atomic E-state index is 6.02. The molecule has 2 nitrogen and oxygen atoms in total. The predicted octanol–water partition coefficient (Wildman–Crippen LogP) is 2.82. The van der Waals surface area contributed by atoms with Crippen LogP contribution in [0.1, 0.15) is 31.4 Å². The van der Waals surface area contributed by atoms with E-state index in [0.717, 1.165) is 24.2 Å². The fraction of sp³-hybridized carbons (Fsp3) is 0.538. The maximum Gasteiger partial charge on any atom is 0.0409 e. The van der Waals surface area contributed by atoms with Crippen molar-refractivity contribution in [2.45, 2.75) is 31.8 Å². The van der Waals surface area contributed by atoms with Crippen molar-refractivity contribution < 1.29 is 0 Å². The van der Waals surface area contributed by atoms with E-state index in [-0.39, 0.29) is 0 Å². The van der Waals surface area contributed by atoms with Crippen molar-refractivity contribution in [3.05, 3.63) is 34.9 Å². The van der Waals surface area contributed by atoms with E-state index < -0.39 is 0 Å². The Hall–Kier alpha value is -0.570. The predicted molar refractivity (Wildman–Crippen MR) is 68.6 cm³/mol. The second kappa shape index (κ2) is 5.17. The normalized spacial score (nSPS) is 17.8. The highest BCUT2D eigenvalue weighted by Gasteiger charge is 2.31. The first-order valence-corrected chi connectivity index (χ1v) is 6.31. The van der Waals surface area contributed by atoms with Crippen molar-refractivity contribution >= 4 is 11.6 Å². The lowest BCUT2D eigenvalue weighted by Crippen LogP contribution is -2.33. The summed E-state index contributed by atoms with van der Waals surface area (Å²) in [6, 6.07) is 9.28. The van der Waals surface area contributed by atoms with Gasteiger partial charge in [-0.1, -0.05) is 23.7 Å². The summed E-state index contributed by atoms with van der Waals surface area (Å²) in [5, 5.41) is 0.813. The van der Waals surface area contributed by atoms with E-state index in [1.54, 1.807) is 0 Å². The van der Waals surface area contributed by atoms with Crippen LogP contribution in [0.5, 0.6) is 0 Å². The smallest absolute Gasteiger partial charge is 0.0409 e. The molecular formula is C13H19ClN2. The Morgan fingerprint density at radius 2 is 2.25 bits per heavy atom. The van der Waals surface area contributed by atoms with Gasteiger partial charge in [-0.25, -0.2) is 0 Å². The fourth-order valence-corrected chi connectivity index (χ4v) is 2.40. The average Bonchev–Trinajstić information content (AvgIpc) is 3.09. The molecule has 16 heavy (non-hydrogen) atoms. The molecule has 1 aliphatic rings. The van der Waals surface area contributed by atoms with Crippen molar-refractivity contribution in [3.63, 3.8) is 0 Å². The van der Waals surface area contributed by atoms with Crippen LogP contribution < -0.4 is 5.73 Å². The third kappa shape index (κ3) is 2.76. The van der Waals surface area contributed by atoms with E-state index in [9.17, 15) is 0 Å². The lowest BCUT2D eigenvalue weighted by molar-refractivity contribution is 0.206. The van der Waals surface area contributed by atoms with E-state index in [0.29, 0.717) is 6.04 Å². The molecular weight excluding hydrogens is 220 g/mol. The van der Waals surface area contributed by atoms with Gasteiger partial charge in [-0.15, -0.1) is 0 Å². The van der Waals surface area contributed by atoms with Crippen LogP contribution in [0.25, 0.3) is 0 Å². The number of nitrogens with zero attached hydrogens (tertiary/aromatic N) is 1. The standard InChI is InChI=1S/C13H19ClN2/c1-10(11-3-2-4-12(14)9-11)16(8-7-15)13-5-6-13/h2-4,9-10,13H,5-8,15H2,1H3. The van der Waals surface area contributed by atoms with Gasteiger partial charge in [0.2, 0.25) is 0 Å². The monoisotopic (exact) mass is 238 g/mol. The first-order chi connectivity index (χ1) is 7.72. The molecule has 0 amide bonds. The zero-order valence-electron chi connectivity index (χ0n) is 9.70. The zero-order valence-corrected chi connectivity index (χ0v) is 10.5. The topological polar surface area (TPSA) is 29.3 Å². The molecule has 1 aliphatic carbocycles. The van der Waals surface area contributed by atoms with E-state index in [1.807, 2.05) is 12.1 Å². The van der Waals surface area contributed by atoms with Gasteiger partial charge in [0.1, 0.15) is 0 Å². The Morgan fingerprint density at radius 3 is 2.81 bits per heavy atom. The van der Waals surface area contributed by atoms with Crippen molar-refractivity contribution in [2.75, 3.05) is 13.1 Å². The van der Waals surface area contributed by atoms with Crippen LogP contribution in [0.2, 0.25) is 5.02 Å². The largest absolute Gasteiger partial charge is 0.329 e. The van der Waals surface area contributed by atoms with Gasteiger partial charge in [0.05, 0.1) is 0 Å². The van der Waals surface area contributed by atoms with Gasteiger partial charge in [-0.3, -0.25) is 4.90 Å². The molecule has 1 atom stereocenters. The minimum absolute atomic E-state index is 0.412.